The maximum atomic E-state index is 11.2. The third-order valence-electron chi connectivity index (χ3n) is 2.82. The lowest BCUT2D eigenvalue weighted by atomic mass is 10.2. The van der Waals surface area contributed by atoms with Gasteiger partial charge in [0.1, 0.15) is 5.78 Å². The molecular formula is C11H20N2O2. The molecule has 0 heterocycles. The average Bonchev–Trinajstić information content (AvgIpc) is 2.95. The number of Topliss-reactive ketones (excluding diaryl/α,β-unsaturated/α-hetero) is 1. The number of carbonyl (C=O) groups is 2. The van der Waals surface area contributed by atoms with Crippen LogP contribution < -0.4 is 5.32 Å². The molecule has 1 aliphatic rings. The highest BCUT2D eigenvalue weighted by Gasteiger charge is 2.29. The fourth-order valence-corrected chi connectivity index (χ4v) is 1.54. The van der Waals surface area contributed by atoms with Crippen molar-refractivity contribution >= 4 is 11.7 Å². The molecule has 0 radical (unpaired) electrons. The van der Waals surface area contributed by atoms with Crippen LogP contribution in [0.4, 0.5) is 0 Å². The van der Waals surface area contributed by atoms with Crippen LogP contribution in [0.3, 0.4) is 0 Å². The summed E-state index contributed by atoms with van der Waals surface area (Å²) in [5.41, 5.74) is 0. The second kappa shape index (κ2) is 5.26. The minimum absolute atomic E-state index is 0.000136. The first-order valence-electron chi connectivity index (χ1n) is 5.48. The highest BCUT2D eigenvalue weighted by Crippen LogP contribution is 2.26. The van der Waals surface area contributed by atoms with Crippen molar-refractivity contribution in [1.29, 1.82) is 0 Å². The number of nitrogens with one attached hydrogen (secondary N) is 1. The van der Waals surface area contributed by atoms with E-state index in [9.17, 15) is 9.59 Å². The molecule has 15 heavy (non-hydrogen) atoms. The lowest BCUT2D eigenvalue weighted by molar-refractivity contribution is -0.127. The van der Waals surface area contributed by atoms with E-state index in [1.54, 1.807) is 0 Å². The smallest absolute Gasteiger partial charge is 0.227 e. The number of hydrogen-bond donors (Lipinski definition) is 1. The zero-order chi connectivity index (χ0) is 11.4. The van der Waals surface area contributed by atoms with Gasteiger partial charge in [-0.2, -0.15) is 0 Å². The molecule has 86 valence electrons. The Morgan fingerprint density at radius 2 is 2.07 bits per heavy atom. The maximum Gasteiger partial charge on any atom is 0.227 e. The molecule has 1 aliphatic carbocycles. The Morgan fingerprint density at radius 1 is 1.47 bits per heavy atom. The summed E-state index contributed by atoms with van der Waals surface area (Å²) < 4.78 is 0. The number of hydrogen-bond acceptors (Lipinski definition) is 3. The molecule has 0 aromatic rings. The molecule has 1 rings (SSSR count). The fourth-order valence-electron chi connectivity index (χ4n) is 1.54. The minimum atomic E-state index is -0.168. The van der Waals surface area contributed by atoms with Crippen molar-refractivity contribution in [3.63, 3.8) is 0 Å². The standard InChI is InChI=1S/C11H20N2O2/c1-8(13(3)10-4-5-10)7-12-11(15)6-9(2)14/h8,10H,4-7H2,1-3H3,(H,12,15). The molecular weight excluding hydrogens is 192 g/mol. The molecule has 4 heteroatoms. The first-order valence-corrected chi connectivity index (χ1v) is 5.48. The van der Waals surface area contributed by atoms with Crippen molar-refractivity contribution < 1.29 is 9.59 Å². The molecule has 1 unspecified atom stereocenters. The molecule has 1 atom stereocenters. The fraction of sp³-hybridized carbons (Fsp3) is 0.818. The summed E-state index contributed by atoms with van der Waals surface area (Å²) in [6.07, 6.45) is 2.53. The van der Waals surface area contributed by atoms with E-state index < -0.39 is 0 Å². The average molecular weight is 212 g/mol. The van der Waals surface area contributed by atoms with E-state index in [-0.39, 0.29) is 18.1 Å². The van der Waals surface area contributed by atoms with E-state index in [1.807, 2.05) is 0 Å². The summed E-state index contributed by atoms with van der Waals surface area (Å²) >= 11 is 0. The van der Waals surface area contributed by atoms with Gasteiger partial charge in [0.15, 0.2) is 0 Å². The molecule has 1 amide bonds. The Bertz CT molecular complexity index is 249. The SMILES string of the molecule is CC(=O)CC(=O)NCC(C)N(C)C1CC1. The molecule has 0 aromatic heterocycles. The van der Waals surface area contributed by atoms with Gasteiger partial charge >= 0.3 is 0 Å². The quantitative estimate of drug-likeness (QED) is 0.655. The van der Waals surface area contributed by atoms with Crippen molar-refractivity contribution in [3.8, 4) is 0 Å². The van der Waals surface area contributed by atoms with Gasteiger partial charge < -0.3 is 5.32 Å². The van der Waals surface area contributed by atoms with Gasteiger partial charge in [-0.25, -0.2) is 0 Å². The van der Waals surface area contributed by atoms with Crippen LogP contribution in [0.15, 0.2) is 0 Å². The monoisotopic (exact) mass is 212 g/mol. The highest BCUT2D eigenvalue weighted by molar-refractivity contribution is 5.96. The van der Waals surface area contributed by atoms with Gasteiger partial charge in [-0.1, -0.05) is 0 Å². The normalized spacial score (nSPS) is 17.6. The molecule has 1 saturated carbocycles. The second-order valence-electron chi connectivity index (χ2n) is 4.43. The topological polar surface area (TPSA) is 49.4 Å². The Labute approximate surface area is 91.0 Å². The molecule has 0 aliphatic heterocycles. The van der Waals surface area contributed by atoms with Crippen LogP contribution in [0.2, 0.25) is 0 Å². The van der Waals surface area contributed by atoms with Crippen molar-refractivity contribution in [2.45, 2.75) is 45.2 Å². The number of ketones is 1. The third kappa shape index (κ3) is 4.42. The van der Waals surface area contributed by atoms with Crippen LogP contribution in [0.25, 0.3) is 0 Å². The third-order valence-corrected chi connectivity index (χ3v) is 2.82. The van der Waals surface area contributed by atoms with Crippen LogP contribution in [-0.2, 0) is 9.59 Å². The summed E-state index contributed by atoms with van der Waals surface area (Å²) in [4.78, 5) is 24.2. The molecule has 0 bridgehead atoms. The summed E-state index contributed by atoms with van der Waals surface area (Å²) in [5, 5.41) is 2.78. The predicted octanol–water partition coefficient (Wildman–Crippen LogP) is 0.564. The van der Waals surface area contributed by atoms with E-state index in [0.717, 1.165) is 0 Å². The van der Waals surface area contributed by atoms with Crippen LogP contribution in [-0.4, -0.2) is 42.3 Å². The van der Waals surface area contributed by atoms with Gasteiger partial charge in [-0.05, 0) is 33.7 Å². The van der Waals surface area contributed by atoms with Gasteiger partial charge in [0.25, 0.3) is 0 Å². The molecule has 0 spiro atoms. The predicted molar refractivity (Wildman–Crippen MR) is 58.6 cm³/mol. The summed E-state index contributed by atoms with van der Waals surface area (Å²) in [5.74, 6) is -0.255. The first-order chi connectivity index (χ1) is 7.00. The molecule has 0 saturated heterocycles. The molecule has 4 nitrogen and oxygen atoms in total. The molecule has 1 fully saturated rings. The van der Waals surface area contributed by atoms with Gasteiger partial charge in [-0.15, -0.1) is 0 Å². The van der Waals surface area contributed by atoms with Gasteiger partial charge in [0.2, 0.25) is 5.91 Å². The van der Waals surface area contributed by atoms with E-state index in [2.05, 4.69) is 24.2 Å². The summed E-state index contributed by atoms with van der Waals surface area (Å²) in [7, 11) is 2.08. The van der Waals surface area contributed by atoms with Crippen molar-refractivity contribution in [1.82, 2.24) is 10.2 Å². The van der Waals surface area contributed by atoms with Crippen LogP contribution in [0.1, 0.15) is 33.1 Å². The number of rotatable bonds is 6. The largest absolute Gasteiger partial charge is 0.354 e. The summed E-state index contributed by atoms with van der Waals surface area (Å²) in [6, 6.07) is 1.04. The van der Waals surface area contributed by atoms with Crippen LogP contribution in [0, 0.1) is 0 Å². The van der Waals surface area contributed by atoms with Crippen molar-refractivity contribution in [3.05, 3.63) is 0 Å². The number of amides is 1. The number of carbonyl (C=O) groups excluding carboxylic acids is 2. The van der Waals surface area contributed by atoms with E-state index in [0.29, 0.717) is 18.6 Å². The van der Waals surface area contributed by atoms with Crippen LogP contribution in [0.5, 0.6) is 0 Å². The van der Waals surface area contributed by atoms with Gasteiger partial charge in [0, 0.05) is 18.6 Å². The highest BCUT2D eigenvalue weighted by atomic mass is 16.2. The van der Waals surface area contributed by atoms with Crippen LogP contribution >= 0.6 is 0 Å². The Morgan fingerprint density at radius 3 is 2.53 bits per heavy atom. The molecule has 0 aromatic carbocycles. The Kier molecular flexibility index (Phi) is 4.27. The lowest BCUT2D eigenvalue weighted by Crippen LogP contribution is -2.41. The van der Waals surface area contributed by atoms with E-state index >= 15 is 0 Å². The maximum absolute atomic E-state index is 11.2. The Balaban J connectivity index is 2.17. The van der Waals surface area contributed by atoms with E-state index in [1.165, 1.54) is 19.8 Å². The van der Waals surface area contributed by atoms with Crippen molar-refractivity contribution in [2.75, 3.05) is 13.6 Å². The van der Waals surface area contributed by atoms with Gasteiger partial charge in [-0.3, -0.25) is 14.5 Å². The second-order valence-corrected chi connectivity index (χ2v) is 4.43. The first kappa shape index (κ1) is 12.2. The lowest BCUT2D eigenvalue weighted by Gasteiger charge is -2.24. The van der Waals surface area contributed by atoms with E-state index in [4.69, 9.17) is 0 Å². The van der Waals surface area contributed by atoms with Crippen molar-refractivity contribution in [2.24, 2.45) is 0 Å². The number of likely N-dealkylation sites (N-methyl/N-ethyl adjacent to an activating group) is 1. The number of nitrogens with zero attached hydrogens (tertiary/aromatic N) is 1. The molecule has 1 N–H and O–H groups in total. The summed E-state index contributed by atoms with van der Waals surface area (Å²) in [6.45, 7) is 4.14. The zero-order valence-electron chi connectivity index (χ0n) is 9.75. The minimum Gasteiger partial charge on any atom is -0.354 e. The Hall–Kier alpha value is -0.900. The zero-order valence-corrected chi connectivity index (χ0v) is 9.75. The van der Waals surface area contributed by atoms with Gasteiger partial charge in [0.05, 0.1) is 6.42 Å².